The standard InChI is InChI=1S/C19H21N3O4/c23-18(14-4-2-1-3-5-14)15-10-12-21(13-11-15)19(24)20-16-6-8-17(9-7-16)22(25)26/h1-9,15,18,23H,10-13H2,(H,20,24). The summed E-state index contributed by atoms with van der Waals surface area (Å²) in [6, 6.07) is 15.1. The Morgan fingerprint density at radius 1 is 1.12 bits per heavy atom. The van der Waals surface area contributed by atoms with Crippen molar-refractivity contribution in [1.82, 2.24) is 4.90 Å². The van der Waals surface area contributed by atoms with Crippen molar-refractivity contribution >= 4 is 17.4 Å². The van der Waals surface area contributed by atoms with Gasteiger partial charge in [0.25, 0.3) is 5.69 Å². The number of amides is 2. The maximum atomic E-state index is 12.4. The van der Waals surface area contributed by atoms with Crippen LogP contribution in [0.5, 0.6) is 0 Å². The van der Waals surface area contributed by atoms with Crippen molar-refractivity contribution in [2.24, 2.45) is 5.92 Å². The van der Waals surface area contributed by atoms with Crippen molar-refractivity contribution in [3.63, 3.8) is 0 Å². The Labute approximate surface area is 151 Å². The van der Waals surface area contributed by atoms with E-state index in [0.29, 0.717) is 18.8 Å². The second-order valence-corrected chi connectivity index (χ2v) is 6.41. The molecule has 1 unspecified atom stereocenters. The monoisotopic (exact) mass is 355 g/mol. The van der Waals surface area contributed by atoms with E-state index >= 15 is 0 Å². The number of hydrogen-bond donors (Lipinski definition) is 2. The Kier molecular flexibility index (Phi) is 5.48. The van der Waals surface area contributed by atoms with Gasteiger partial charge in [-0.3, -0.25) is 10.1 Å². The van der Waals surface area contributed by atoms with Crippen LogP contribution in [0.3, 0.4) is 0 Å². The largest absolute Gasteiger partial charge is 0.388 e. The zero-order valence-electron chi connectivity index (χ0n) is 14.2. The molecule has 1 heterocycles. The number of piperidine rings is 1. The van der Waals surface area contributed by atoms with Crippen LogP contribution >= 0.6 is 0 Å². The van der Waals surface area contributed by atoms with Crippen LogP contribution in [0.4, 0.5) is 16.2 Å². The SMILES string of the molecule is O=C(Nc1ccc([N+](=O)[O-])cc1)N1CCC(C(O)c2ccccc2)CC1. The summed E-state index contributed by atoms with van der Waals surface area (Å²) >= 11 is 0. The number of aliphatic hydroxyl groups is 1. The summed E-state index contributed by atoms with van der Waals surface area (Å²) < 4.78 is 0. The molecule has 7 nitrogen and oxygen atoms in total. The molecule has 2 N–H and O–H groups in total. The van der Waals surface area contributed by atoms with Gasteiger partial charge in [0.05, 0.1) is 11.0 Å². The summed E-state index contributed by atoms with van der Waals surface area (Å²) in [4.78, 5) is 24.2. The third kappa shape index (κ3) is 4.18. The van der Waals surface area contributed by atoms with Crippen LogP contribution in [0.25, 0.3) is 0 Å². The molecule has 3 rings (SSSR count). The van der Waals surface area contributed by atoms with Crippen LogP contribution in [-0.4, -0.2) is 34.1 Å². The molecule has 0 radical (unpaired) electrons. The van der Waals surface area contributed by atoms with Crippen LogP contribution in [0.1, 0.15) is 24.5 Å². The van der Waals surface area contributed by atoms with Crippen LogP contribution < -0.4 is 5.32 Å². The highest BCUT2D eigenvalue weighted by molar-refractivity contribution is 5.89. The first-order chi connectivity index (χ1) is 12.5. The lowest BCUT2D eigenvalue weighted by Crippen LogP contribution is -2.42. The van der Waals surface area contributed by atoms with Gasteiger partial charge >= 0.3 is 6.03 Å². The van der Waals surface area contributed by atoms with E-state index in [9.17, 15) is 20.0 Å². The van der Waals surface area contributed by atoms with Gasteiger partial charge in [0, 0.05) is 30.9 Å². The van der Waals surface area contributed by atoms with E-state index in [4.69, 9.17) is 0 Å². The maximum Gasteiger partial charge on any atom is 0.321 e. The molecule has 0 aliphatic carbocycles. The molecular weight excluding hydrogens is 334 g/mol. The first-order valence-corrected chi connectivity index (χ1v) is 8.58. The van der Waals surface area contributed by atoms with E-state index in [2.05, 4.69) is 5.32 Å². The highest BCUT2D eigenvalue weighted by Gasteiger charge is 2.28. The smallest absolute Gasteiger partial charge is 0.321 e. The number of likely N-dealkylation sites (tertiary alicyclic amines) is 1. The molecule has 1 aliphatic heterocycles. The van der Waals surface area contributed by atoms with Gasteiger partial charge in [-0.05, 0) is 36.5 Å². The minimum Gasteiger partial charge on any atom is -0.388 e. The van der Waals surface area contributed by atoms with Gasteiger partial charge in [-0.2, -0.15) is 0 Å². The number of carbonyl (C=O) groups excluding carboxylic acids is 1. The van der Waals surface area contributed by atoms with E-state index in [-0.39, 0.29) is 17.6 Å². The number of rotatable bonds is 4. The fraction of sp³-hybridized carbons (Fsp3) is 0.316. The lowest BCUT2D eigenvalue weighted by Gasteiger charge is -2.34. The number of nitro benzene ring substituents is 1. The minimum atomic E-state index is -0.518. The van der Waals surface area contributed by atoms with Gasteiger partial charge in [0.15, 0.2) is 0 Å². The Balaban J connectivity index is 1.52. The van der Waals surface area contributed by atoms with Gasteiger partial charge in [-0.1, -0.05) is 30.3 Å². The molecule has 2 aromatic carbocycles. The lowest BCUT2D eigenvalue weighted by atomic mass is 9.87. The van der Waals surface area contributed by atoms with E-state index in [1.54, 1.807) is 4.90 Å². The van der Waals surface area contributed by atoms with Crippen molar-refractivity contribution in [2.75, 3.05) is 18.4 Å². The van der Waals surface area contributed by atoms with Crippen molar-refractivity contribution in [1.29, 1.82) is 0 Å². The maximum absolute atomic E-state index is 12.4. The van der Waals surface area contributed by atoms with E-state index in [0.717, 1.165) is 18.4 Å². The van der Waals surface area contributed by atoms with Gasteiger partial charge in [-0.25, -0.2) is 4.79 Å². The Hall–Kier alpha value is -2.93. The fourth-order valence-corrected chi connectivity index (χ4v) is 3.21. The number of non-ortho nitro benzene ring substituents is 1. The molecule has 0 spiro atoms. The van der Waals surface area contributed by atoms with E-state index in [1.165, 1.54) is 24.3 Å². The third-order valence-corrected chi connectivity index (χ3v) is 4.74. The molecule has 0 saturated carbocycles. The average Bonchev–Trinajstić information content (AvgIpc) is 2.68. The molecule has 1 saturated heterocycles. The molecule has 0 aromatic heterocycles. The van der Waals surface area contributed by atoms with Crippen LogP contribution in [0, 0.1) is 16.0 Å². The second-order valence-electron chi connectivity index (χ2n) is 6.41. The Morgan fingerprint density at radius 3 is 2.31 bits per heavy atom. The van der Waals surface area contributed by atoms with Crippen molar-refractivity contribution in [3.05, 3.63) is 70.3 Å². The summed E-state index contributed by atoms with van der Waals surface area (Å²) in [7, 11) is 0. The van der Waals surface area contributed by atoms with Crippen LogP contribution in [0.2, 0.25) is 0 Å². The number of anilines is 1. The topological polar surface area (TPSA) is 95.7 Å². The summed E-state index contributed by atoms with van der Waals surface area (Å²) in [6.07, 6.45) is 0.934. The highest BCUT2D eigenvalue weighted by atomic mass is 16.6. The predicted octanol–water partition coefficient (Wildman–Crippen LogP) is 3.57. The predicted molar refractivity (Wildman–Crippen MR) is 97.8 cm³/mol. The van der Waals surface area contributed by atoms with Crippen molar-refractivity contribution < 1.29 is 14.8 Å². The summed E-state index contributed by atoms with van der Waals surface area (Å²) in [5.41, 5.74) is 1.41. The molecule has 7 heteroatoms. The van der Waals surface area contributed by atoms with Gasteiger partial charge in [0.1, 0.15) is 0 Å². The molecule has 0 bridgehead atoms. The second kappa shape index (κ2) is 7.97. The van der Waals surface area contributed by atoms with Gasteiger partial charge < -0.3 is 15.3 Å². The molecular formula is C19H21N3O4. The molecule has 2 amide bonds. The molecule has 1 aliphatic rings. The van der Waals surface area contributed by atoms with Gasteiger partial charge in [-0.15, -0.1) is 0 Å². The van der Waals surface area contributed by atoms with E-state index < -0.39 is 11.0 Å². The normalized spacial score (nSPS) is 16.1. The zero-order valence-corrected chi connectivity index (χ0v) is 14.2. The van der Waals surface area contributed by atoms with Crippen LogP contribution in [-0.2, 0) is 0 Å². The first-order valence-electron chi connectivity index (χ1n) is 8.58. The number of urea groups is 1. The molecule has 1 atom stereocenters. The van der Waals surface area contributed by atoms with Crippen LogP contribution in [0.15, 0.2) is 54.6 Å². The number of carbonyl (C=O) groups is 1. The van der Waals surface area contributed by atoms with E-state index in [1.807, 2.05) is 30.3 Å². The zero-order chi connectivity index (χ0) is 18.5. The van der Waals surface area contributed by atoms with Gasteiger partial charge in [0.2, 0.25) is 0 Å². The molecule has 1 fully saturated rings. The fourth-order valence-electron chi connectivity index (χ4n) is 3.21. The molecule has 26 heavy (non-hydrogen) atoms. The minimum absolute atomic E-state index is 0.0151. The quantitative estimate of drug-likeness (QED) is 0.647. The number of nitrogens with zero attached hydrogens (tertiary/aromatic N) is 2. The number of benzene rings is 2. The lowest BCUT2D eigenvalue weighted by molar-refractivity contribution is -0.384. The van der Waals surface area contributed by atoms with Crippen molar-refractivity contribution in [2.45, 2.75) is 18.9 Å². The summed E-state index contributed by atoms with van der Waals surface area (Å²) in [6.45, 7) is 1.13. The number of aliphatic hydroxyl groups excluding tert-OH is 1. The Bertz CT molecular complexity index is 756. The summed E-state index contributed by atoms with van der Waals surface area (Å²) in [5, 5.41) is 23.9. The number of nitrogens with one attached hydrogen (secondary N) is 1. The number of hydrogen-bond acceptors (Lipinski definition) is 4. The Morgan fingerprint density at radius 2 is 1.73 bits per heavy atom. The molecule has 2 aromatic rings. The highest BCUT2D eigenvalue weighted by Crippen LogP contribution is 2.30. The average molecular weight is 355 g/mol. The molecule has 136 valence electrons. The number of nitro groups is 1. The summed E-state index contributed by atoms with van der Waals surface area (Å²) in [5.74, 6) is 0.126. The third-order valence-electron chi connectivity index (χ3n) is 4.74. The van der Waals surface area contributed by atoms with Crippen molar-refractivity contribution in [3.8, 4) is 0 Å². The first kappa shape index (κ1) is 17.9.